The van der Waals surface area contributed by atoms with Crippen LogP contribution in [0.2, 0.25) is 0 Å². The van der Waals surface area contributed by atoms with E-state index in [9.17, 15) is 4.79 Å². The summed E-state index contributed by atoms with van der Waals surface area (Å²) in [7, 11) is 1.95. The smallest absolute Gasteiger partial charge is 0.257 e. The van der Waals surface area contributed by atoms with E-state index in [1.54, 1.807) is 0 Å². The second kappa shape index (κ2) is 4.87. The molecule has 1 amide bonds. The van der Waals surface area contributed by atoms with Crippen LogP contribution in [0, 0.1) is 19.8 Å². The molecule has 0 spiro atoms. The number of nitrogens with zero attached hydrogens (tertiary/aromatic N) is 2. The summed E-state index contributed by atoms with van der Waals surface area (Å²) in [5.74, 6) is 0.698. The summed E-state index contributed by atoms with van der Waals surface area (Å²) in [4.78, 5) is 14.3. The fourth-order valence-corrected chi connectivity index (χ4v) is 2.50. The van der Waals surface area contributed by atoms with Crippen LogP contribution in [0.15, 0.2) is 0 Å². The lowest BCUT2D eigenvalue weighted by atomic mass is 10.1. The van der Waals surface area contributed by atoms with Gasteiger partial charge in [0.1, 0.15) is 0 Å². The van der Waals surface area contributed by atoms with E-state index in [2.05, 4.69) is 15.5 Å². The quantitative estimate of drug-likeness (QED) is 0.812. The van der Waals surface area contributed by atoms with Crippen molar-refractivity contribution in [3.63, 3.8) is 0 Å². The highest BCUT2D eigenvalue weighted by Crippen LogP contribution is 2.20. The molecule has 1 aliphatic rings. The molecule has 0 bridgehead atoms. The van der Waals surface area contributed by atoms with Gasteiger partial charge in [0.25, 0.3) is 5.91 Å². The number of aromatic nitrogens is 2. The van der Waals surface area contributed by atoms with Gasteiger partial charge in [-0.05, 0) is 39.8 Å². The second-order valence-corrected chi connectivity index (χ2v) is 4.77. The lowest BCUT2D eigenvalue weighted by Crippen LogP contribution is -2.31. The first-order valence-electron chi connectivity index (χ1n) is 6.09. The zero-order valence-corrected chi connectivity index (χ0v) is 10.7. The van der Waals surface area contributed by atoms with E-state index in [4.69, 9.17) is 0 Å². The van der Waals surface area contributed by atoms with E-state index in [1.165, 1.54) is 0 Å². The largest absolute Gasteiger partial charge is 0.338 e. The highest BCUT2D eigenvalue weighted by molar-refractivity contribution is 5.96. The molecule has 2 rings (SSSR count). The van der Waals surface area contributed by atoms with Gasteiger partial charge < -0.3 is 10.2 Å². The minimum absolute atomic E-state index is 0.118. The van der Waals surface area contributed by atoms with Gasteiger partial charge in [-0.2, -0.15) is 5.10 Å². The highest BCUT2D eigenvalue weighted by Gasteiger charge is 2.28. The van der Waals surface area contributed by atoms with Crippen LogP contribution in [0.25, 0.3) is 0 Å². The van der Waals surface area contributed by atoms with E-state index < -0.39 is 0 Å². The van der Waals surface area contributed by atoms with Crippen LogP contribution < -0.4 is 5.32 Å². The Labute approximate surface area is 102 Å². The summed E-state index contributed by atoms with van der Waals surface area (Å²) in [5.41, 5.74) is 2.41. The Kier molecular flexibility index (Phi) is 3.47. The van der Waals surface area contributed by atoms with Crippen LogP contribution >= 0.6 is 0 Å². The highest BCUT2D eigenvalue weighted by atomic mass is 16.2. The monoisotopic (exact) mass is 236 g/mol. The first-order valence-corrected chi connectivity index (χ1v) is 6.09. The molecule has 1 aromatic heterocycles. The molecule has 5 heteroatoms. The summed E-state index contributed by atoms with van der Waals surface area (Å²) < 4.78 is 0. The molecule has 0 saturated carbocycles. The minimum Gasteiger partial charge on any atom is -0.338 e. The Balaban J connectivity index is 2.07. The number of amides is 1. The number of H-pyrrole nitrogens is 1. The second-order valence-electron chi connectivity index (χ2n) is 4.77. The summed E-state index contributed by atoms with van der Waals surface area (Å²) in [6.45, 7) is 6.46. The first-order chi connectivity index (χ1) is 8.13. The molecule has 0 aromatic carbocycles. The molecule has 1 fully saturated rings. The predicted molar refractivity (Wildman–Crippen MR) is 66.0 cm³/mol. The van der Waals surface area contributed by atoms with Gasteiger partial charge >= 0.3 is 0 Å². The Morgan fingerprint density at radius 1 is 1.59 bits per heavy atom. The fraction of sp³-hybridized carbons (Fsp3) is 0.667. The summed E-state index contributed by atoms with van der Waals surface area (Å²) >= 11 is 0. The molecule has 1 atom stereocenters. The van der Waals surface area contributed by atoms with Crippen molar-refractivity contribution in [1.29, 1.82) is 0 Å². The first kappa shape index (κ1) is 12.1. The van der Waals surface area contributed by atoms with E-state index in [-0.39, 0.29) is 5.91 Å². The Hall–Kier alpha value is -1.36. The molecule has 0 aliphatic carbocycles. The number of likely N-dealkylation sites (tertiary alicyclic amines) is 1. The van der Waals surface area contributed by atoms with Gasteiger partial charge in [0.05, 0.1) is 11.3 Å². The van der Waals surface area contributed by atoms with Crippen molar-refractivity contribution in [3.05, 3.63) is 17.0 Å². The van der Waals surface area contributed by atoms with E-state index >= 15 is 0 Å². The molecule has 94 valence electrons. The normalized spacial score (nSPS) is 19.9. The van der Waals surface area contributed by atoms with E-state index in [1.807, 2.05) is 25.8 Å². The van der Waals surface area contributed by atoms with Gasteiger partial charge in [0, 0.05) is 18.8 Å². The standard InChI is InChI=1S/C12H20N4O/c1-8-11(9(2)15-14-8)12(17)16-5-4-10(7-16)6-13-3/h10,13H,4-7H2,1-3H3,(H,14,15). The van der Waals surface area contributed by atoms with Crippen LogP contribution in [0.1, 0.15) is 28.2 Å². The van der Waals surface area contributed by atoms with Crippen LogP contribution in [0.3, 0.4) is 0 Å². The van der Waals surface area contributed by atoms with Crippen LogP contribution in [0.4, 0.5) is 0 Å². The summed E-state index contributed by atoms with van der Waals surface area (Å²) in [6, 6.07) is 0. The zero-order chi connectivity index (χ0) is 12.4. The number of hydrogen-bond donors (Lipinski definition) is 2. The SMILES string of the molecule is CNCC1CCN(C(=O)c2c(C)n[nH]c2C)C1. The number of nitrogens with one attached hydrogen (secondary N) is 2. The van der Waals surface area contributed by atoms with Crippen LogP contribution in [-0.2, 0) is 0 Å². The van der Waals surface area contributed by atoms with Gasteiger partial charge in [-0.1, -0.05) is 0 Å². The average Bonchev–Trinajstić information content (AvgIpc) is 2.87. The molecular weight excluding hydrogens is 216 g/mol. The Bertz CT molecular complexity index is 393. The van der Waals surface area contributed by atoms with Crippen LogP contribution in [-0.4, -0.2) is 47.7 Å². The maximum absolute atomic E-state index is 12.3. The third kappa shape index (κ3) is 2.34. The molecule has 1 aromatic rings. The summed E-state index contributed by atoms with van der Waals surface area (Å²) in [5, 5.41) is 10.1. The summed E-state index contributed by atoms with van der Waals surface area (Å²) in [6.07, 6.45) is 1.09. The van der Waals surface area contributed by atoms with Crippen molar-refractivity contribution in [3.8, 4) is 0 Å². The third-order valence-electron chi connectivity index (χ3n) is 3.41. The number of aromatic amines is 1. The van der Waals surface area contributed by atoms with Crippen molar-refractivity contribution in [2.45, 2.75) is 20.3 Å². The number of aryl methyl sites for hydroxylation is 2. The van der Waals surface area contributed by atoms with Gasteiger partial charge in [-0.15, -0.1) is 0 Å². The average molecular weight is 236 g/mol. The predicted octanol–water partition coefficient (Wildman–Crippen LogP) is 0.708. The molecule has 5 nitrogen and oxygen atoms in total. The number of carbonyl (C=O) groups is 1. The van der Waals surface area contributed by atoms with Crippen molar-refractivity contribution in [2.24, 2.45) is 5.92 Å². The molecule has 17 heavy (non-hydrogen) atoms. The topological polar surface area (TPSA) is 61.0 Å². The lowest BCUT2D eigenvalue weighted by Gasteiger charge is -2.16. The Morgan fingerprint density at radius 3 is 2.94 bits per heavy atom. The number of hydrogen-bond acceptors (Lipinski definition) is 3. The molecular formula is C12H20N4O. The van der Waals surface area contributed by atoms with Crippen molar-refractivity contribution in [2.75, 3.05) is 26.7 Å². The van der Waals surface area contributed by atoms with Gasteiger partial charge in [0.15, 0.2) is 0 Å². The minimum atomic E-state index is 0.118. The lowest BCUT2D eigenvalue weighted by molar-refractivity contribution is 0.0786. The van der Waals surface area contributed by atoms with Gasteiger partial charge in [-0.25, -0.2) is 0 Å². The van der Waals surface area contributed by atoms with Gasteiger partial charge in [0.2, 0.25) is 0 Å². The van der Waals surface area contributed by atoms with E-state index in [0.29, 0.717) is 5.92 Å². The van der Waals surface area contributed by atoms with E-state index in [0.717, 1.165) is 43.0 Å². The van der Waals surface area contributed by atoms with Crippen LogP contribution in [0.5, 0.6) is 0 Å². The van der Waals surface area contributed by atoms with Crippen molar-refractivity contribution in [1.82, 2.24) is 20.4 Å². The molecule has 0 radical (unpaired) electrons. The molecule has 1 saturated heterocycles. The maximum Gasteiger partial charge on any atom is 0.257 e. The molecule has 1 unspecified atom stereocenters. The molecule has 1 aliphatic heterocycles. The zero-order valence-electron chi connectivity index (χ0n) is 10.7. The van der Waals surface area contributed by atoms with Gasteiger partial charge in [-0.3, -0.25) is 9.89 Å². The number of carbonyl (C=O) groups excluding carboxylic acids is 1. The fourth-order valence-electron chi connectivity index (χ4n) is 2.50. The molecule has 2 heterocycles. The van der Waals surface area contributed by atoms with Crippen molar-refractivity contribution >= 4 is 5.91 Å². The third-order valence-corrected chi connectivity index (χ3v) is 3.41. The number of rotatable bonds is 3. The Morgan fingerprint density at radius 2 is 2.35 bits per heavy atom. The van der Waals surface area contributed by atoms with Crippen molar-refractivity contribution < 1.29 is 4.79 Å². The maximum atomic E-state index is 12.3. The molecule has 2 N–H and O–H groups in total.